The van der Waals surface area contributed by atoms with Gasteiger partial charge in [0.15, 0.2) is 0 Å². The minimum atomic E-state index is -0.864. The molecule has 3 aromatic rings. The third-order valence-corrected chi connectivity index (χ3v) is 5.74. The number of nitrogens with zero attached hydrogens (tertiary/aromatic N) is 1. The highest BCUT2D eigenvalue weighted by molar-refractivity contribution is 6.01. The van der Waals surface area contributed by atoms with E-state index >= 15 is 0 Å². The predicted molar refractivity (Wildman–Crippen MR) is 127 cm³/mol. The maximum Gasteiger partial charge on any atom is 0.256 e. The number of rotatable bonds is 7. The zero-order valence-electron chi connectivity index (χ0n) is 19.1. The molecule has 8 nitrogen and oxygen atoms in total. The number of hydrogen-bond acceptors (Lipinski definition) is 5. The molecule has 2 aromatic carbocycles. The van der Waals surface area contributed by atoms with E-state index in [9.17, 15) is 18.8 Å². The molecule has 0 unspecified atom stereocenters. The van der Waals surface area contributed by atoms with E-state index in [4.69, 9.17) is 10.5 Å². The van der Waals surface area contributed by atoms with E-state index in [2.05, 4.69) is 10.6 Å². The van der Waals surface area contributed by atoms with Gasteiger partial charge in [-0.3, -0.25) is 19.0 Å². The smallest absolute Gasteiger partial charge is 0.256 e. The summed E-state index contributed by atoms with van der Waals surface area (Å²) in [6.07, 6.45) is 1.74. The molecule has 4 rings (SSSR count). The van der Waals surface area contributed by atoms with Gasteiger partial charge in [0.2, 0.25) is 5.91 Å². The molecule has 176 valence electrons. The highest BCUT2D eigenvalue weighted by Crippen LogP contribution is 2.36. The molecule has 1 aromatic heterocycles. The van der Waals surface area contributed by atoms with Crippen molar-refractivity contribution in [2.75, 3.05) is 10.6 Å². The first-order valence-corrected chi connectivity index (χ1v) is 10.8. The number of nitrogens with one attached hydrogen (secondary N) is 2. The van der Waals surface area contributed by atoms with Crippen LogP contribution in [0.25, 0.3) is 0 Å². The van der Waals surface area contributed by atoms with Crippen molar-refractivity contribution >= 4 is 29.0 Å². The van der Waals surface area contributed by atoms with Gasteiger partial charge in [-0.2, -0.15) is 0 Å². The van der Waals surface area contributed by atoms with Crippen molar-refractivity contribution in [1.29, 1.82) is 0 Å². The van der Waals surface area contributed by atoms with Crippen LogP contribution in [0.15, 0.2) is 47.3 Å². The van der Waals surface area contributed by atoms with Crippen molar-refractivity contribution in [2.24, 2.45) is 18.7 Å². The second-order valence-corrected chi connectivity index (χ2v) is 8.40. The van der Waals surface area contributed by atoms with Crippen LogP contribution in [-0.4, -0.2) is 16.4 Å². The first-order chi connectivity index (χ1) is 16.2. The molecule has 0 radical (unpaired) electrons. The molecule has 0 aliphatic heterocycles. The summed E-state index contributed by atoms with van der Waals surface area (Å²) >= 11 is 0. The molecule has 1 fully saturated rings. The number of carbonyl (C=O) groups excluding carboxylic acids is 2. The summed E-state index contributed by atoms with van der Waals surface area (Å²) in [5, 5.41) is 5.69. The Morgan fingerprint density at radius 2 is 1.82 bits per heavy atom. The summed E-state index contributed by atoms with van der Waals surface area (Å²) in [5.41, 5.74) is 7.01. The minimum absolute atomic E-state index is 0.00593. The maximum absolute atomic E-state index is 14.5. The van der Waals surface area contributed by atoms with Crippen LogP contribution in [-0.2, 0) is 11.8 Å². The van der Waals surface area contributed by atoms with Crippen molar-refractivity contribution in [3.8, 4) is 11.5 Å². The minimum Gasteiger partial charge on any atom is -0.456 e. The van der Waals surface area contributed by atoms with Crippen LogP contribution in [0, 0.1) is 25.6 Å². The molecule has 2 amide bonds. The summed E-state index contributed by atoms with van der Waals surface area (Å²) in [7, 11) is 1.44. The number of nitrogens with two attached hydrogens (primary N) is 1. The Morgan fingerprint density at radius 1 is 1.09 bits per heavy atom. The fourth-order valence-corrected chi connectivity index (χ4v) is 3.55. The monoisotopic (exact) mass is 464 g/mol. The summed E-state index contributed by atoms with van der Waals surface area (Å²) in [5.74, 6) is -1.21. The number of pyridine rings is 1. The van der Waals surface area contributed by atoms with Gasteiger partial charge < -0.3 is 21.1 Å². The summed E-state index contributed by atoms with van der Waals surface area (Å²) < 4.78 is 21.6. The van der Waals surface area contributed by atoms with Crippen molar-refractivity contribution in [2.45, 2.75) is 26.7 Å². The number of halogens is 1. The van der Waals surface area contributed by atoms with Crippen molar-refractivity contribution in [3.05, 3.63) is 75.3 Å². The van der Waals surface area contributed by atoms with Gasteiger partial charge in [0.05, 0.1) is 5.69 Å². The van der Waals surface area contributed by atoms with E-state index in [0.717, 1.165) is 23.5 Å². The Kier molecular flexibility index (Phi) is 6.10. The fraction of sp³-hybridized carbons (Fsp3) is 0.240. The molecule has 0 bridgehead atoms. The second-order valence-electron chi connectivity index (χ2n) is 8.40. The Bertz CT molecular complexity index is 1360. The van der Waals surface area contributed by atoms with E-state index in [1.54, 1.807) is 38.1 Å². The maximum atomic E-state index is 14.5. The number of benzene rings is 2. The Hall–Kier alpha value is -4.14. The highest BCUT2D eigenvalue weighted by Gasteiger charge is 2.30. The molecular weight excluding hydrogens is 439 g/mol. The standard InChI is InChI=1S/C25H25FN4O4/c1-13-7-10-18(16(26)11-13)28-24-22(23(27)32)20(12-21(31)30(24)3)34-19-6-4-5-17(14(19)2)29-25(33)15-8-9-15/h4-7,10-12,15,28H,8-9H2,1-3H3,(H2,27,32)(H,29,33). The molecule has 1 aliphatic carbocycles. The number of hydrogen-bond donors (Lipinski definition) is 3. The van der Waals surface area contributed by atoms with E-state index < -0.39 is 17.3 Å². The van der Waals surface area contributed by atoms with Gasteiger partial charge in [0.25, 0.3) is 11.5 Å². The first-order valence-electron chi connectivity index (χ1n) is 10.8. The van der Waals surface area contributed by atoms with Crippen molar-refractivity contribution < 1.29 is 18.7 Å². The van der Waals surface area contributed by atoms with Crippen molar-refractivity contribution in [3.63, 3.8) is 0 Å². The van der Waals surface area contributed by atoms with Crippen LogP contribution in [0.5, 0.6) is 11.5 Å². The molecular formula is C25H25FN4O4. The molecule has 1 heterocycles. The van der Waals surface area contributed by atoms with Gasteiger partial charge in [-0.1, -0.05) is 12.1 Å². The number of carbonyl (C=O) groups is 2. The summed E-state index contributed by atoms with van der Waals surface area (Å²) in [4.78, 5) is 37.3. The number of ether oxygens (including phenoxy) is 1. The molecule has 4 N–H and O–H groups in total. The second kappa shape index (κ2) is 9.01. The van der Waals surface area contributed by atoms with E-state index in [1.807, 2.05) is 0 Å². The average Bonchev–Trinajstić information content (AvgIpc) is 3.61. The van der Waals surface area contributed by atoms with Gasteiger partial charge in [0, 0.05) is 30.3 Å². The topological polar surface area (TPSA) is 115 Å². The number of anilines is 3. The molecule has 0 saturated heterocycles. The van der Waals surface area contributed by atoms with Crippen LogP contribution in [0.4, 0.5) is 21.6 Å². The van der Waals surface area contributed by atoms with Gasteiger partial charge in [-0.15, -0.1) is 0 Å². The zero-order valence-corrected chi connectivity index (χ0v) is 19.1. The van der Waals surface area contributed by atoms with Gasteiger partial charge in [-0.25, -0.2) is 4.39 Å². The number of aromatic nitrogens is 1. The van der Waals surface area contributed by atoms with Crippen LogP contribution in [0.3, 0.4) is 0 Å². The van der Waals surface area contributed by atoms with E-state index in [-0.39, 0.29) is 34.6 Å². The predicted octanol–water partition coefficient (Wildman–Crippen LogP) is 4.12. The molecule has 34 heavy (non-hydrogen) atoms. The largest absolute Gasteiger partial charge is 0.456 e. The number of aryl methyl sites for hydroxylation is 1. The Morgan fingerprint density at radius 3 is 2.47 bits per heavy atom. The third kappa shape index (κ3) is 4.63. The number of primary amides is 1. The van der Waals surface area contributed by atoms with Crippen LogP contribution in [0.1, 0.15) is 34.3 Å². The Labute approximate surface area is 195 Å². The average molecular weight is 464 g/mol. The van der Waals surface area contributed by atoms with Crippen molar-refractivity contribution in [1.82, 2.24) is 4.57 Å². The fourth-order valence-electron chi connectivity index (χ4n) is 3.55. The van der Waals surface area contributed by atoms with Gasteiger partial charge in [-0.05, 0) is 56.5 Å². The summed E-state index contributed by atoms with van der Waals surface area (Å²) in [6.45, 7) is 3.50. The third-order valence-electron chi connectivity index (χ3n) is 5.74. The molecule has 1 saturated carbocycles. The lowest BCUT2D eigenvalue weighted by molar-refractivity contribution is -0.117. The molecule has 0 atom stereocenters. The normalized spacial score (nSPS) is 12.8. The molecule has 9 heteroatoms. The van der Waals surface area contributed by atoms with E-state index in [1.165, 1.54) is 19.2 Å². The lowest BCUT2D eigenvalue weighted by Crippen LogP contribution is -2.25. The van der Waals surface area contributed by atoms with Gasteiger partial charge in [0.1, 0.15) is 28.7 Å². The first kappa shape index (κ1) is 23.0. The molecule has 0 spiro atoms. The quantitative estimate of drug-likeness (QED) is 0.486. The summed E-state index contributed by atoms with van der Waals surface area (Å²) in [6, 6.07) is 10.8. The van der Waals surface area contributed by atoms with Crippen LogP contribution < -0.4 is 26.7 Å². The highest BCUT2D eigenvalue weighted by atomic mass is 19.1. The van der Waals surface area contributed by atoms with Crippen LogP contribution in [0.2, 0.25) is 0 Å². The lowest BCUT2D eigenvalue weighted by atomic mass is 10.1. The van der Waals surface area contributed by atoms with Gasteiger partial charge >= 0.3 is 0 Å². The zero-order chi connectivity index (χ0) is 24.6. The lowest BCUT2D eigenvalue weighted by Gasteiger charge is -2.19. The molecule has 1 aliphatic rings. The SMILES string of the molecule is Cc1ccc(Nc2c(C(N)=O)c(Oc3cccc(NC(=O)C4CC4)c3C)cc(=O)n2C)c(F)c1. The number of amides is 2. The Balaban J connectivity index is 1.75. The van der Waals surface area contributed by atoms with Crippen LogP contribution >= 0.6 is 0 Å². The van der Waals surface area contributed by atoms with E-state index in [0.29, 0.717) is 22.6 Å².